The zero-order valence-corrected chi connectivity index (χ0v) is 11.2. The van der Waals surface area contributed by atoms with Crippen molar-refractivity contribution in [1.82, 2.24) is 0 Å². The van der Waals surface area contributed by atoms with E-state index in [1.807, 2.05) is 6.07 Å². The minimum atomic E-state index is 0.384. The fourth-order valence-electron chi connectivity index (χ4n) is 2.20. The van der Waals surface area contributed by atoms with E-state index in [-0.39, 0.29) is 0 Å². The van der Waals surface area contributed by atoms with Gasteiger partial charge < -0.3 is 10.6 Å². The summed E-state index contributed by atoms with van der Waals surface area (Å²) in [7, 11) is 0. The van der Waals surface area contributed by atoms with Gasteiger partial charge in [-0.25, -0.2) is 0 Å². The van der Waals surface area contributed by atoms with E-state index in [0.29, 0.717) is 12.5 Å². The number of nitrogens with two attached hydrogens (primary N) is 1. The van der Waals surface area contributed by atoms with E-state index in [1.54, 1.807) is 0 Å². The number of nitriles is 1. The summed E-state index contributed by atoms with van der Waals surface area (Å²) in [5.74, 6) is 0.851. The molecule has 0 aliphatic heterocycles. The maximum Gasteiger partial charge on any atom is 0.0670 e. The summed E-state index contributed by atoms with van der Waals surface area (Å²) in [6.45, 7) is 5.54. The first kappa shape index (κ1) is 12.8. The largest absolute Gasteiger partial charge is 0.398 e. The third-order valence-corrected chi connectivity index (χ3v) is 3.50. The molecule has 0 saturated heterocycles. The number of benzene rings is 1. The molecule has 3 nitrogen and oxygen atoms in total. The van der Waals surface area contributed by atoms with E-state index in [0.717, 1.165) is 23.7 Å². The van der Waals surface area contributed by atoms with Gasteiger partial charge in [-0.1, -0.05) is 0 Å². The maximum atomic E-state index is 8.82. The Morgan fingerprint density at radius 1 is 1.44 bits per heavy atom. The summed E-state index contributed by atoms with van der Waals surface area (Å²) < 4.78 is 0. The van der Waals surface area contributed by atoms with Crippen LogP contribution in [0.3, 0.4) is 0 Å². The molecule has 18 heavy (non-hydrogen) atoms. The van der Waals surface area contributed by atoms with Crippen molar-refractivity contribution in [2.75, 3.05) is 17.2 Å². The smallest absolute Gasteiger partial charge is 0.0670 e. The van der Waals surface area contributed by atoms with E-state index in [4.69, 9.17) is 11.0 Å². The molecule has 1 aliphatic rings. The van der Waals surface area contributed by atoms with Gasteiger partial charge in [-0.2, -0.15) is 5.26 Å². The molecule has 1 aromatic carbocycles. The quantitative estimate of drug-likeness (QED) is 0.809. The first-order valence-electron chi connectivity index (χ1n) is 6.63. The van der Waals surface area contributed by atoms with Gasteiger partial charge in [0.25, 0.3) is 0 Å². The van der Waals surface area contributed by atoms with Crippen molar-refractivity contribution >= 4 is 11.4 Å². The lowest BCUT2D eigenvalue weighted by Gasteiger charge is -2.29. The second-order valence-electron chi connectivity index (χ2n) is 5.41. The van der Waals surface area contributed by atoms with Crippen molar-refractivity contribution in [2.24, 2.45) is 5.92 Å². The van der Waals surface area contributed by atoms with Gasteiger partial charge in [-0.05, 0) is 56.4 Å². The molecule has 96 valence electrons. The van der Waals surface area contributed by atoms with Crippen LogP contribution in [-0.2, 0) is 6.42 Å². The van der Waals surface area contributed by atoms with Crippen LogP contribution >= 0.6 is 0 Å². The van der Waals surface area contributed by atoms with Crippen molar-refractivity contribution in [3.63, 3.8) is 0 Å². The molecule has 0 aromatic heterocycles. The highest BCUT2D eigenvalue weighted by molar-refractivity contribution is 5.59. The Hall–Kier alpha value is -1.69. The average molecular weight is 243 g/mol. The lowest BCUT2D eigenvalue weighted by molar-refractivity contribution is 0.644. The number of rotatable bonds is 5. The van der Waals surface area contributed by atoms with E-state index < -0.39 is 0 Å². The van der Waals surface area contributed by atoms with Crippen molar-refractivity contribution < 1.29 is 0 Å². The summed E-state index contributed by atoms with van der Waals surface area (Å²) in [5, 5.41) is 8.82. The number of anilines is 2. The number of nitrogen functional groups attached to an aromatic ring is 1. The predicted molar refractivity (Wildman–Crippen MR) is 75.4 cm³/mol. The first-order valence-corrected chi connectivity index (χ1v) is 6.63. The Bertz CT molecular complexity index is 455. The molecular formula is C15H21N3. The maximum absolute atomic E-state index is 8.82. The molecule has 1 fully saturated rings. The van der Waals surface area contributed by atoms with Crippen LogP contribution in [0.5, 0.6) is 0 Å². The van der Waals surface area contributed by atoms with Crippen LogP contribution in [0.25, 0.3) is 0 Å². The molecule has 0 heterocycles. The Kier molecular flexibility index (Phi) is 3.76. The molecule has 1 aromatic rings. The Balaban J connectivity index is 2.23. The normalized spacial score (nSPS) is 14.6. The van der Waals surface area contributed by atoms with Crippen LogP contribution in [0, 0.1) is 17.2 Å². The van der Waals surface area contributed by atoms with Gasteiger partial charge in [0, 0.05) is 24.0 Å². The van der Waals surface area contributed by atoms with Crippen LogP contribution in [0.4, 0.5) is 11.4 Å². The molecule has 0 amide bonds. The standard InChI is InChI=1S/C15H21N3/c1-11(2)18(10-12-3-4-12)14-5-6-15(17)13(9-14)7-8-16/h5-6,9,11-12H,3-4,7,10,17H2,1-2H3. The molecule has 1 saturated carbocycles. The molecule has 2 N–H and O–H groups in total. The number of nitrogens with zero attached hydrogens (tertiary/aromatic N) is 2. The molecule has 0 radical (unpaired) electrons. The molecule has 0 unspecified atom stereocenters. The number of hydrogen-bond acceptors (Lipinski definition) is 3. The minimum Gasteiger partial charge on any atom is -0.398 e. The van der Waals surface area contributed by atoms with E-state index >= 15 is 0 Å². The van der Waals surface area contributed by atoms with E-state index in [2.05, 4.69) is 36.9 Å². The monoisotopic (exact) mass is 243 g/mol. The third-order valence-electron chi connectivity index (χ3n) is 3.50. The molecule has 3 heteroatoms. The third kappa shape index (κ3) is 2.95. The first-order chi connectivity index (χ1) is 8.61. The lowest BCUT2D eigenvalue weighted by Crippen LogP contribution is -2.32. The predicted octanol–water partition coefficient (Wildman–Crippen LogP) is 2.96. The second kappa shape index (κ2) is 5.30. The van der Waals surface area contributed by atoms with E-state index in [9.17, 15) is 0 Å². The van der Waals surface area contributed by atoms with Gasteiger partial charge in [0.15, 0.2) is 0 Å². The fourth-order valence-corrected chi connectivity index (χ4v) is 2.20. The summed E-state index contributed by atoms with van der Waals surface area (Å²) in [6, 6.07) is 8.71. The van der Waals surface area contributed by atoms with Gasteiger partial charge in [0.1, 0.15) is 0 Å². The van der Waals surface area contributed by atoms with Crippen LogP contribution < -0.4 is 10.6 Å². The molecule has 0 atom stereocenters. The summed E-state index contributed by atoms with van der Waals surface area (Å²) in [6.07, 6.45) is 3.08. The topological polar surface area (TPSA) is 53.0 Å². The van der Waals surface area contributed by atoms with E-state index in [1.165, 1.54) is 18.5 Å². The molecule has 1 aliphatic carbocycles. The summed E-state index contributed by atoms with van der Waals surface area (Å²) >= 11 is 0. The summed E-state index contributed by atoms with van der Waals surface area (Å²) in [4.78, 5) is 2.41. The van der Waals surface area contributed by atoms with Gasteiger partial charge >= 0.3 is 0 Å². The highest BCUT2D eigenvalue weighted by Crippen LogP contribution is 2.33. The second-order valence-corrected chi connectivity index (χ2v) is 5.41. The van der Waals surface area contributed by atoms with Gasteiger partial charge in [-0.15, -0.1) is 0 Å². The van der Waals surface area contributed by atoms with Crippen molar-refractivity contribution in [3.05, 3.63) is 23.8 Å². The number of hydrogen-bond donors (Lipinski definition) is 1. The van der Waals surface area contributed by atoms with Crippen molar-refractivity contribution in [1.29, 1.82) is 5.26 Å². The zero-order chi connectivity index (χ0) is 13.1. The lowest BCUT2D eigenvalue weighted by atomic mass is 10.1. The minimum absolute atomic E-state index is 0.384. The Morgan fingerprint density at radius 3 is 2.72 bits per heavy atom. The SMILES string of the molecule is CC(C)N(CC1CC1)c1ccc(N)c(CC#N)c1. The average Bonchev–Trinajstić information content (AvgIpc) is 3.13. The zero-order valence-electron chi connectivity index (χ0n) is 11.2. The highest BCUT2D eigenvalue weighted by atomic mass is 15.2. The van der Waals surface area contributed by atoms with Gasteiger partial charge in [0.2, 0.25) is 0 Å². The fraction of sp³-hybridized carbons (Fsp3) is 0.533. The Morgan fingerprint density at radius 2 is 2.17 bits per heavy atom. The van der Waals surface area contributed by atoms with Gasteiger partial charge in [0.05, 0.1) is 12.5 Å². The van der Waals surface area contributed by atoms with Crippen LogP contribution in [0.2, 0.25) is 0 Å². The molecule has 0 spiro atoms. The Labute approximate surface area is 109 Å². The molecular weight excluding hydrogens is 222 g/mol. The highest BCUT2D eigenvalue weighted by Gasteiger charge is 2.25. The molecule has 0 bridgehead atoms. The van der Waals surface area contributed by atoms with Crippen molar-refractivity contribution in [2.45, 2.75) is 39.2 Å². The molecule has 2 rings (SSSR count). The summed E-state index contributed by atoms with van der Waals surface area (Å²) in [5.41, 5.74) is 8.75. The van der Waals surface area contributed by atoms with Crippen LogP contribution in [-0.4, -0.2) is 12.6 Å². The van der Waals surface area contributed by atoms with Crippen LogP contribution in [0.1, 0.15) is 32.3 Å². The van der Waals surface area contributed by atoms with Gasteiger partial charge in [-0.3, -0.25) is 0 Å². The van der Waals surface area contributed by atoms with Crippen LogP contribution in [0.15, 0.2) is 18.2 Å². The van der Waals surface area contributed by atoms with Crippen molar-refractivity contribution in [3.8, 4) is 6.07 Å².